The second kappa shape index (κ2) is 8.88. The van der Waals surface area contributed by atoms with Gasteiger partial charge in [-0.2, -0.15) is 0 Å². The molecule has 1 aromatic carbocycles. The summed E-state index contributed by atoms with van der Waals surface area (Å²) in [5.74, 6) is -0.621. The predicted octanol–water partition coefficient (Wildman–Crippen LogP) is 2.05. The van der Waals surface area contributed by atoms with E-state index in [9.17, 15) is 9.59 Å². The molecule has 0 N–H and O–H groups in total. The van der Waals surface area contributed by atoms with E-state index in [-0.39, 0.29) is 6.61 Å². The number of methoxy groups -OCH3 is 2. The highest BCUT2D eigenvalue weighted by molar-refractivity contribution is 5.89. The van der Waals surface area contributed by atoms with Crippen molar-refractivity contribution in [2.45, 2.75) is 24.5 Å². The minimum Gasteiger partial charge on any atom is -0.453 e. The molecular weight excluding hydrogens is 334 g/mol. The van der Waals surface area contributed by atoms with Crippen LogP contribution in [0, 0.1) is 0 Å². The Labute approximate surface area is 143 Å². The van der Waals surface area contributed by atoms with Gasteiger partial charge >= 0.3 is 12.1 Å². The first kappa shape index (κ1) is 18.5. The average molecular weight is 351 g/mol. The number of nitrogens with zero attached hydrogens (tertiary/aromatic N) is 3. The van der Waals surface area contributed by atoms with E-state index < -0.39 is 36.7 Å². The van der Waals surface area contributed by atoms with Crippen LogP contribution in [0.15, 0.2) is 35.4 Å². The minimum absolute atomic E-state index is 0.254. The van der Waals surface area contributed by atoms with Crippen LogP contribution in [0.2, 0.25) is 0 Å². The standard InChI is InChI=1S/C15H17N3O7/c1-21-14-12(25-13(19)9-6-4-3-5-7-9)11(17-18-16)10(24-14)8-23-15(20)22-2/h3-7,10-12,14H,8H2,1-2H3/t10-,11-,12-,14?/m1/s1. The molecule has 1 aliphatic rings. The van der Waals surface area contributed by atoms with Crippen LogP contribution in [0.5, 0.6) is 0 Å². The van der Waals surface area contributed by atoms with Crippen LogP contribution in [0.25, 0.3) is 10.4 Å². The quantitative estimate of drug-likeness (QED) is 0.332. The Morgan fingerprint density at radius 3 is 2.60 bits per heavy atom. The lowest BCUT2D eigenvalue weighted by atomic mass is 10.1. The fraction of sp³-hybridized carbons (Fsp3) is 0.467. The van der Waals surface area contributed by atoms with E-state index in [1.807, 2.05) is 0 Å². The summed E-state index contributed by atoms with van der Waals surface area (Å²) < 4.78 is 25.3. The number of ether oxygens (including phenoxy) is 5. The molecule has 2 rings (SSSR count). The fourth-order valence-corrected chi connectivity index (χ4v) is 2.33. The number of carbonyl (C=O) groups excluding carboxylic acids is 2. The Balaban J connectivity index is 2.13. The molecule has 0 aromatic heterocycles. The number of carbonyl (C=O) groups is 2. The Bertz CT molecular complexity index is 648. The molecule has 1 fully saturated rings. The molecule has 0 amide bonds. The molecule has 0 radical (unpaired) electrons. The van der Waals surface area contributed by atoms with Gasteiger partial charge in [0.05, 0.1) is 12.7 Å². The van der Waals surface area contributed by atoms with E-state index in [2.05, 4.69) is 14.8 Å². The molecule has 10 nitrogen and oxygen atoms in total. The molecule has 0 aliphatic carbocycles. The molecular formula is C15H17N3O7. The molecule has 10 heteroatoms. The molecule has 1 saturated heterocycles. The monoisotopic (exact) mass is 351 g/mol. The van der Waals surface area contributed by atoms with Crippen LogP contribution in [-0.2, 0) is 23.7 Å². The molecule has 4 atom stereocenters. The van der Waals surface area contributed by atoms with Gasteiger partial charge in [-0.05, 0) is 17.7 Å². The third-order valence-corrected chi connectivity index (χ3v) is 3.50. The SMILES string of the molecule is COC(=O)OC[C@H]1OC(OC)[C@H](OC(=O)c2ccccc2)[C@@H]1N=[N+]=[N-]. The Morgan fingerprint density at radius 1 is 1.28 bits per heavy atom. The minimum atomic E-state index is -1.00. The second-order valence-corrected chi connectivity index (χ2v) is 4.98. The number of azide groups is 1. The van der Waals surface area contributed by atoms with Gasteiger partial charge < -0.3 is 23.7 Å². The fourth-order valence-electron chi connectivity index (χ4n) is 2.33. The van der Waals surface area contributed by atoms with Gasteiger partial charge in [-0.3, -0.25) is 0 Å². The average Bonchev–Trinajstić information content (AvgIpc) is 2.97. The molecule has 1 unspecified atom stereocenters. The number of benzene rings is 1. The smallest absolute Gasteiger partial charge is 0.453 e. The number of hydrogen-bond acceptors (Lipinski definition) is 8. The van der Waals surface area contributed by atoms with Gasteiger partial charge in [0.15, 0.2) is 12.4 Å². The third-order valence-electron chi connectivity index (χ3n) is 3.50. The Morgan fingerprint density at radius 2 is 2.00 bits per heavy atom. The topological polar surface area (TPSA) is 129 Å². The zero-order valence-corrected chi connectivity index (χ0v) is 13.6. The first-order chi connectivity index (χ1) is 12.1. The lowest BCUT2D eigenvalue weighted by molar-refractivity contribution is -0.155. The summed E-state index contributed by atoms with van der Waals surface area (Å²) in [5.41, 5.74) is 9.11. The highest BCUT2D eigenvalue weighted by Crippen LogP contribution is 2.28. The maximum atomic E-state index is 12.3. The van der Waals surface area contributed by atoms with E-state index in [4.69, 9.17) is 24.5 Å². The highest BCUT2D eigenvalue weighted by atomic mass is 16.7. The van der Waals surface area contributed by atoms with Gasteiger partial charge in [0.2, 0.25) is 0 Å². The molecule has 1 heterocycles. The van der Waals surface area contributed by atoms with Crippen LogP contribution in [0.4, 0.5) is 4.79 Å². The highest BCUT2D eigenvalue weighted by Gasteiger charge is 2.47. The summed E-state index contributed by atoms with van der Waals surface area (Å²) >= 11 is 0. The summed E-state index contributed by atoms with van der Waals surface area (Å²) in [6, 6.07) is 7.37. The predicted molar refractivity (Wildman–Crippen MR) is 82.6 cm³/mol. The van der Waals surface area contributed by atoms with E-state index in [1.54, 1.807) is 30.3 Å². The number of esters is 1. The molecule has 0 saturated carbocycles. The van der Waals surface area contributed by atoms with Gasteiger partial charge in [-0.15, -0.1) is 0 Å². The Kier molecular flexibility index (Phi) is 6.58. The van der Waals surface area contributed by atoms with Crippen molar-refractivity contribution < 1.29 is 33.3 Å². The first-order valence-electron chi connectivity index (χ1n) is 7.30. The van der Waals surface area contributed by atoms with Crippen molar-refractivity contribution in [1.29, 1.82) is 0 Å². The summed E-state index contributed by atoms with van der Waals surface area (Å²) in [4.78, 5) is 26.1. The summed E-state index contributed by atoms with van der Waals surface area (Å²) in [7, 11) is 2.51. The largest absolute Gasteiger partial charge is 0.508 e. The lowest BCUT2D eigenvalue weighted by Gasteiger charge is -2.20. The second-order valence-electron chi connectivity index (χ2n) is 4.98. The normalized spacial score (nSPS) is 24.9. The summed E-state index contributed by atoms with van der Waals surface area (Å²) in [6.07, 6.45) is -3.75. The maximum Gasteiger partial charge on any atom is 0.508 e. The van der Waals surface area contributed by atoms with Gasteiger partial charge in [-0.25, -0.2) is 9.59 Å². The molecule has 25 heavy (non-hydrogen) atoms. The van der Waals surface area contributed by atoms with Crippen LogP contribution in [0.3, 0.4) is 0 Å². The van der Waals surface area contributed by atoms with Crippen LogP contribution in [0.1, 0.15) is 10.4 Å². The van der Waals surface area contributed by atoms with Crippen molar-refractivity contribution in [3.8, 4) is 0 Å². The molecule has 1 aromatic rings. The van der Waals surface area contributed by atoms with Crippen molar-refractivity contribution in [2.75, 3.05) is 20.8 Å². The van der Waals surface area contributed by atoms with E-state index in [0.717, 1.165) is 7.11 Å². The van der Waals surface area contributed by atoms with Crippen molar-refractivity contribution in [1.82, 2.24) is 0 Å². The molecule has 0 bridgehead atoms. The maximum absolute atomic E-state index is 12.3. The summed E-state index contributed by atoms with van der Waals surface area (Å²) in [5, 5.41) is 3.60. The van der Waals surface area contributed by atoms with Crippen LogP contribution < -0.4 is 0 Å². The van der Waals surface area contributed by atoms with Crippen molar-refractivity contribution in [3.05, 3.63) is 46.3 Å². The number of rotatable bonds is 6. The molecule has 0 spiro atoms. The lowest BCUT2D eigenvalue weighted by Crippen LogP contribution is -2.37. The zero-order chi connectivity index (χ0) is 18.2. The van der Waals surface area contributed by atoms with Crippen molar-refractivity contribution in [2.24, 2.45) is 5.11 Å². The van der Waals surface area contributed by atoms with Gasteiger partial charge in [0.25, 0.3) is 0 Å². The molecule has 1 aliphatic heterocycles. The zero-order valence-electron chi connectivity index (χ0n) is 13.6. The van der Waals surface area contributed by atoms with E-state index >= 15 is 0 Å². The first-order valence-corrected chi connectivity index (χ1v) is 7.30. The third kappa shape index (κ3) is 4.60. The van der Waals surface area contributed by atoms with E-state index in [1.165, 1.54) is 7.11 Å². The number of hydrogen-bond donors (Lipinski definition) is 0. The van der Waals surface area contributed by atoms with Crippen LogP contribution >= 0.6 is 0 Å². The van der Waals surface area contributed by atoms with E-state index in [0.29, 0.717) is 5.56 Å². The van der Waals surface area contributed by atoms with Gasteiger partial charge in [-0.1, -0.05) is 23.3 Å². The van der Waals surface area contributed by atoms with Gasteiger partial charge in [0.1, 0.15) is 18.8 Å². The van der Waals surface area contributed by atoms with Gasteiger partial charge in [0, 0.05) is 12.0 Å². The van der Waals surface area contributed by atoms with Crippen molar-refractivity contribution >= 4 is 12.1 Å². The van der Waals surface area contributed by atoms with Crippen molar-refractivity contribution in [3.63, 3.8) is 0 Å². The Hall–Kier alpha value is -2.81. The molecule has 134 valence electrons. The summed E-state index contributed by atoms with van der Waals surface area (Å²) in [6.45, 7) is -0.254. The van der Waals surface area contributed by atoms with Crippen LogP contribution in [-0.4, -0.2) is 57.5 Å².